The van der Waals surface area contributed by atoms with Gasteiger partial charge in [0.05, 0.1) is 49.2 Å². The molecule has 37 heavy (non-hydrogen) atoms. The van der Waals surface area contributed by atoms with Gasteiger partial charge in [-0.1, -0.05) is 17.7 Å². The van der Waals surface area contributed by atoms with Crippen LogP contribution in [-0.4, -0.2) is 78.9 Å². The fraction of sp³-hybridized carbons (Fsp3) is 0.593. The predicted octanol–water partition coefficient (Wildman–Crippen LogP) is 3.48. The molecule has 1 unspecified atom stereocenters. The third-order valence-corrected chi connectivity index (χ3v) is 7.90. The van der Waals surface area contributed by atoms with Crippen LogP contribution >= 0.6 is 11.6 Å². The minimum atomic E-state index is -0.395. The SMILES string of the molecule is O=C(Cc1ccc(OCCCC2CCN(c3ncc(Cl)cn3)CC2)cc1F)N1CCOC2(CCNC2)C1. The van der Waals surface area contributed by atoms with Crippen LogP contribution < -0.4 is 15.0 Å². The van der Waals surface area contributed by atoms with E-state index in [0.29, 0.717) is 48.6 Å². The number of carbonyl (C=O) groups is 1. The average molecular weight is 532 g/mol. The Labute approximate surface area is 222 Å². The molecule has 8 nitrogen and oxygen atoms in total. The number of halogens is 2. The molecule has 0 radical (unpaired) electrons. The molecular formula is C27H35ClFN5O3. The lowest BCUT2D eigenvalue weighted by molar-refractivity contribution is -0.147. The summed E-state index contributed by atoms with van der Waals surface area (Å²) in [6, 6.07) is 4.83. The summed E-state index contributed by atoms with van der Waals surface area (Å²) in [7, 11) is 0. The van der Waals surface area contributed by atoms with Crippen LogP contribution in [0.25, 0.3) is 0 Å². The molecule has 10 heteroatoms. The Hall–Kier alpha value is -2.49. The molecule has 1 N–H and O–H groups in total. The Kier molecular flexibility index (Phi) is 8.42. The Morgan fingerprint density at radius 1 is 1.24 bits per heavy atom. The summed E-state index contributed by atoms with van der Waals surface area (Å²) in [5.74, 6) is 1.42. The molecule has 0 aliphatic carbocycles. The Morgan fingerprint density at radius 2 is 2.05 bits per heavy atom. The second-order valence-electron chi connectivity index (χ2n) is 10.3. The topological polar surface area (TPSA) is 79.8 Å². The molecule has 3 aliphatic heterocycles. The number of morpholine rings is 1. The first kappa shape index (κ1) is 26.1. The van der Waals surface area contributed by atoms with E-state index in [1.165, 1.54) is 6.07 Å². The highest BCUT2D eigenvalue weighted by atomic mass is 35.5. The maximum absolute atomic E-state index is 14.8. The van der Waals surface area contributed by atoms with Crippen LogP contribution in [0, 0.1) is 11.7 Å². The Morgan fingerprint density at radius 3 is 2.78 bits per heavy atom. The maximum Gasteiger partial charge on any atom is 0.227 e. The summed E-state index contributed by atoms with van der Waals surface area (Å²) >= 11 is 5.88. The number of anilines is 1. The molecule has 1 aromatic heterocycles. The lowest BCUT2D eigenvalue weighted by Gasteiger charge is -2.40. The number of ether oxygens (including phenoxy) is 2. The Balaban J connectivity index is 1.02. The monoisotopic (exact) mass is 531 g/mol. The molecule has 5 rings (SSSR count). The van der Waals surface area contributed by atoms with Gasteiger partial charge < -0.3 is 24.6 Å². The lowest BCUT2D eigenvalue weighted by Crippen LogP contribution is -2.55. The number of nitrogens with one attached hydrogen (secondary N) is 1. The number of hydrogen-bond acceptors (Lipinski definition) is 7. The Bertz CT molecular complexity index is 1060. The predicted molar refractivity (Wildman–Crippen MR) is 140 cm³/mol. The largest absolute Gasteiger partial charge is 0.493 e. The molecule has 3 aliphatic rings. The number of rotatable bonds is 8. The minimum Gasteiger partial charge on any atom is -0.493 e. The second-order valence-corrected chi connectivity index (χ2v) is 10.8. The molecule has 4 heterocycles. The van der Waals surface area contributed by atoms with Crippen molar-refractivity contribution in [2.75, 3.05) is 57.4 Å². The summed E-state index contributed by atoms with van der Waals surface area (Å²) in [5.41, 5.74) is 0.116. The van der Waals surface area contributed by atoms with Crippen molar-refractivity contribution in [2.45, 2.75) is 44.1 Å². The highest BCUT2D eigenvalue weighted by Crippen LogP contribution is 2.27. The summed E-state index contributed by atoms with van der Waals surface area (Å²) in [4.78, 5) is 25.5. The van der Waals surface area contributed by atoms with E-state index in [4.69, 9.17) is 21.1 Å². The van der Waals surface area contributed by atoms with Crippen molar-refractivity contribution in [3.63, 3.8) is 0 Å². The molecular weight excluding hydrogens is 497 g/mol. The molecule has 1 atom stereocenters. The fourth-order valence-corrected chi connectivity index (χ4v) is 5.62. The molecule has 0 saturated carbocycles. The van der Waals surface area contributed by atoms with Gasteiger partial charge in [0.15, 0.2) is 0 Å². The van der Waals surface area contributed by atoms with Crippen molar-refractivity contribution in [1.82, 2.24) is 20.2 Å². The first-order valence-electron chi connectivity index (χ1n) is 13.3. The van der Waals surface area contributed by atoms with Gasteiger partial charge in [0.2, 0.25) is 11.9 Å². The van der Waals surface area contributed by atoms with Gasteiger partial charge in [0.1, 0.15) is 11.6 Å². The van der Waals surface area contributed by atoms with Gasteiger partial charge in [-0.15, -0.1) is 0 Å². The number of benzene rings is 1. The number of hydrogen-bond donors (Lipinski definition) is 1. The van der Waals surface area contributed by atoms with Crippen LogP contribution in [0.1, 0.15) is 37.7 Å². The van der Waals surface area contributed by atoms with E-state index in [9.17, 15) is 9.18 Å². The van der Waals surface area contributed by atoms with Crippen molar-refractivity contribution in [1.29, 1.82) is 0 Å². The van der Waals surface area contributed by atoms with Crippen molar-refractivity contribution in [3.05, 3.63) is 47.0 Å². The molecule has 3 fully saturated rings. The number of aromatic nitrogens is 2. The van der Waals surface area contributed by atoms with Crippen molar-refractivity contribution >= 4 is 23.5 Å². The van der Waals surface area contributed by atoms with Crippen LogP contribution in [0.3, 0.4) is 0 Å². The molecule has 1 amide bonds. The molecule has 1 aromatic carbocycles. The number of nitrogens with zero attached hydrogens (tertiary/aromatic N) is 4. The van der Waals surface area contributed by atoms with E-state index in [0.717, 1.165) is 64.2 Å². The first-order chi connectivity index (χ1) is 18.0. The zero-order chi connectivity index (χ0) is 25.7. The van der Waals surface area contributed by atoms with Crippen LogP contribution in [0.4, 0.5) is 10.3 Å². The maximum atomic E-state index is 14.8. The molecule has 1 spiro atoms. The molecule has 200 valence electrons. The van der Waals surface area contributed by atoms with E-state index in [-0.39, 0.29) is 17.9 Å². The van der Waals surface area contributed by atoms with Crippen LogP contribution in [0.2, 0.25) is 5.02 Å². The molecule has 0 bridgehead atoms. The standard InChI is InChI=1S/C27H35ClFN5O3/c28-22-16-31-26(32-17-22)33-9-5-20(6-10-33)2-1-12-36-23-4-3-21(24(29)15-23)14-25(35)34-11-13-37-27(19-34)7-8-30-18-27/h3-4,15-17,20,30H,1-2,5-14,18-19H2. The zero-order valence-corrected chi connectivity index (χ0v) is 21.9. The third kappa shape index (κ3) is 6.69. The minimum absolute atomic E-state index is 0.0510. The van der Waals surface area contributed by atoms with Gasteiger partial charge in [0, 0.05) is 32.2 Å². The van der Waals surface area contributed by atoms with E-state index >= 15 is 0 Å². The summed E-state index contributed by atoms with van der Waals surface area (Å²) in [6.45, 7) is 5.71. The zero-order valence-electron chi connectivity index (χ0n) is 21.1. The summed E-state index contributed by atoms with van der Waals surface area (Å²) in [6.07, 6.45) is 8.37. The molecule has 3 saturated heterocycles. The van der Waals surface area contributed by atoms with Crippen LogP contribution in [-0.2, 0) is 16.0 Å². The lowest BCUT2D eigenvalue weighted by atomic mass is 9.92. The number of amides is 1. The van der Waals surface area contributed by atoms with Crippen molar-refractivity contribution in [3.8, 4) is 5.75 Å². The number of piperidine rings is 1. The van der Waals surface area contributed by atoms with E-state index in [1.807, 2.05) is 4.90 Å². The first-order valence-corrected chi connectivity index (χ1v) is 13.6. The molecule has 2 aromatic rings. The smallest absolute Gasteiger partial charge is 0.227 e. The van der Waals surface area contributed by atoms with Gasteiger partial charge >= 0.3 is 0 Å². The fourth-order valence-electron chi connectivity index (χ4n) is 5.53. The third-order valence-electron chi connectivity index (χ3n) is 7.70. The van der Waals surface area contributed by atoms with Crippen LogP contribution in [0.5, 0.6) is 5.75 Å². The van der Waals surface area contributed by atoms with Gasteiger partial charge in [-0.3, -0.25) is 4.79 Å². The van der Waals surface area contributed by atoms with E-state index in [2.05, 4.69) is 20.2 Å². The van der Waals surface area contributed by atoms with Crippen LogP contribution in [0.15, 0.2) is 30.6 Å². The normalized spacial score (nSPS) is 22.5. The number of carbonyl (C=O) groups excluding carboxylic acids is 1. The van der Waals surface area contributed by atoms with Gasteiger partial charge in [0.25, 0.3) is 0 Å². The van der Waals surface area contributed by atoms with Crippen molar-refractivity contribution < 1.29 is 18.7 Å². The average Bonchev–Trinajstić information content (AvgIpc) is 3.36. The summed E-state index contributed by atoms with van der Waals surface area (Å²) in [5, 5.41) is 3.86. The van der Waals surface area contributed by atoms with Gasteiger partial charge in [-0.2, -0.15) is 0 Å². The highest BCUT2D eigenvalue weighted by Gasteiger charge is 2.40. The second kappa shape index (κ2) is 11.9. The van der Waals surface area contributed by atoms with Gasteiger partial charge in [-0.25, -0.2) is 14.4 Å². The van der Waals surface area contributed by atoms with Crippen molar-refractivity contribution in [2.24, 2.45) is 5.92 Å². The quantitative estimate of drug-likeness (QED) is 0.522. The highest BCUT2D eigenvalue weighted by molar-refractivity contribution is 6.30. The van der Waals surface area contributed by atoms with E-state index < -0.39 is 5.82 Å². The summed E-state index contributed by atoms with van der Waals surface area (Å²) < 4.78 is 26.5. The van der Waals surface area contributed by atoms with E-state index in [1.54, 1.807) is 24.5 Å². The van der Waals surface area contributed by atoms with Gasteiger partial charge in [-0.05, 0) is 56.2 Å².